The van der Waals surface area contributed by atoms with Gasteiger partial charge in [-0.2, -0.15) is 0 Å². The molecule has 27 heavy (non-hydrogen) atoms. The van der Waals surface area contributed by atoms with Gasteiger partial charge in [0.2, 0.25) is 0 Å². The lowest BCUT2D eigenvalue weighted by molar-refractivity contribution is -0.141. The Bertz CT molecular complexity index is 933. The molecule has 1 unspecified atom stereocenters. The molecule has 8 heteroatoms. The maximum absolute atomic E-state index is 12.3. The summed E-state index contributed by atoms with van der Waals surface area (Å²) in [7, 11) is 1.89. The summed E-state index contributed by atoms with van der Waals surface area (Å²) in [5.41, 5.74) is 0.781. The lowest BCUT2D eigenvalue weighted by Crippen LogP contribution is -2.41. The summed E-state index contributed by atoms with van der Waals surface area (Å²) in [6.45, 7) is 3.07. The van der Waals surface area contributed by atoms with Crippen LogP contribution in [0.25, 0.3) is 5.65 Å². The third kappa shape index (κ3) is 3.30. The Hall–Kier alpha value is -2.45. The van der Waals surface area contributed by atoms with Crippen LogP contribution < -0.4 is 5.56 Å². The SMILES string of the molecule is CN1CC2(CCN(Cc3cc(=O)n4cccc(O)c4n3)CC2)CC1C(=O)O. The average Bonchev–Trinajstić information content (AvgIpc) is 2.95. The first-order valence-electron chi connectivity index (χ1n) is 9.23. The number of carbonyl (C=O) groups is 1. The van der Waals surface area contributed by atoms with Gasteiger partial charge in [0.05, 0.1) is 5.69 Å². The van der Waals surface area contributed by atoms with E-state index in [4.69, 9.17) is 0 Å². The summed E-state index contributed by atoms with van der Waals surface area (Å²) in [6, 6.07) is 4.26. The quantitative estimate of drug-likeness (QED) is 0.821. The summed E-state index contributed by atoms with van der Waals surface area (Å²) >= 11 is 0. The van der Waals surface area contributed by atoms with E-state index >= 15 is 0 Å². The Balaban J connectivity index is 1.46. The van der Waals surface area contributed by atoms with Crippen molar-refractivity contribution in [3.8, 4) is 5.75 Å². The van der Waals surface area contributed by atoms with Gasteiger partial charge in [-0.05, 0) is 56.9 Å². The number of hydrogen-bond donors (Lipinski definition) is 2. The number of pyridine rings is 1. The molecule has 4 heterocycles. The van der Waals surface area contributed by atoms with Crippen molar-refractivity contribution in [2.24, 2.45) is 5.41 Å². The molecule has 1 spiro atoms. The number of hydrogen-bond acceptors (Lipinski definition) is 6. The van der Waals surface area contributed by atoms with E-state index in [-0.39, 0.29) is 28.4 Å². The van der Waals surface area contributed by atoms with Crippen molar-refractivity contribution in [3.63, 3.8) is 0 Å². The second-order valence-corrected chi connectivity index (χ2v) is 7.92. The molecule has 0 saturated carbocycles. The number of carboxylic acids is 1. The first-order chi connectivity index (χ1) is 12.9. The van der Waals surface area contributed by atoms with E-state index < -0.39 is 5.97 Å². The molecule has 144 valence electrons. The standard InChI is InChI=1S/C19H24N4O4/c1-21-12-19(10-14(21)18(26)27)4-7-22(8-5-19)11-13-9-16(25)23-6-2-3-15(24)17(23)20-13/h2-3,6,9,14,24H,4-5,7-8,10-12H2,1H3,(H,26,27). The molecule has 2 fully saturated rings. The largest absolute Gasteiger partial charge is 0.504 e. The summed E-state index contributed by atoms with van der Waals surface area (Å²) in [5.74, 6) is -0.750. The number of piperidine rings is 1. The van der Waals surface area contributed by atoms with Crippen LogP contribution in [-0.4, -0.2) is 68.1 Å². The second-order valence-electron chi connectivity index (χ2n) is 7.92. The monoisotopic (exact) mass is 372 g/mol. The van der Waals surface area contributed by atoms with Crippen LogP contribution in [0.5, 0.6) is 5.75 Å². The van der Waals surface area contributed by atoms with E-state index in [1.54, 1.807) is 12.3 Å². The highest BCUT2D eigenvalue weighted by Crippen LogP contribution is 2.42. The lowest BCUT2D eigenvalue weighted by Gasteiger charge is -2.39. The predicted molar refractivity (Wildman–Crippen MR) is 98.7 cm³/mol. The van der Waals surface area contributed by atoms with E-state index in [2.05, 4.69) is 9.88 Å². The summed E-state index contributed by atoms with van der Waals surface area (Å²) < 4.78 is 1.34. The van der Waals surface area contributed by atoms with Gasteiger partial charge in [-0.25, -0.2) is 4.98 Å². The van der Waals surface area contributed by atoms with Crippen molar-refractivity contribution in [3.05, 3.63) is 40.4 Å². The van der Waals surface area contributed by atoms with Crippen LogP contribution in [0.2, 0.25) is 0 Å². The number of fused-ring (bicyclic) bond motifs is 1. The third-order valence-corrected chi connectivity index (χ3v) is 6.05. The fraction of sp³-hybridized carbons (Fsp3) is 0.526. The molecule has 2 saturated heterocycles. The minimum Gasteiger partial charge on any atom is -0.504 e. The van der Waals surface area contributed by atoms with Crippen LogP contribution in [0, 0.1) is 5.41 Å². The van der Waals surface area contributed by atoms with Gasteiger partial charge in [-0.15, -0.1) is 0 Å². The highest BCUT2D eigenvalue weighted by Gasteiger charge is 2.46. The van der Waals surface area contributed by atoms with Crippen molar-refractivity contribution >= 4 is 11.6 Å². The Kier molecular flexibility index (Phi) is 4.39. The third-order valence-electron chi connectivity index (χ3n) is 6.05. The van der Waals surface area contributed by atoms with E-state index in [0.29, 0.717) is 18.7 Å². The van der Waals surface area contributed by atoms with Crippen LogP contribution in [-0.2, 0) is 11.3 Å². The fourth-order valence-corrected chi connectivity index (χ4v) is 4.56. The normalized spacial score (nSPS) is 23.2. The molecule has 0 aromatic carbocycles. The molecule has 0 aliphatic carbocycles. The minimum absolute atomic E-state index is 0.0113. The summed E-state index contributed by atoms with van der Waals surface area (Å²) in [5, 5.41) is 19.3. The summed E-state index contributed by atoms with van der Waals surface area (Å²) in [6.07, 6.45) is 4.18. The van der Waals surface area contributed by atoms with Gasteiger partial charge in [-0.3, -0.25) is 23.8 Å². The Morgan fingerprint density at radius 2 is 2.11 bits per heavy atom. The fourth-order valence-electron chi connectivity index (χ4n) is 4.56. The van der Waals surface area contributed by atoms with Crippen molar-refractivity contribution in [1.82, 2.24) is 19.2 Å². The highest BCUT2D eigenvalue weighted by molar-refractivity contribution is 5.74. The van der Waals surface area contributed by atoms with E-state index in [1.165, 1.54) is 16.5 Å². The number of likely N-dealkylation sites (tertiary alicyclic amines) is 2. The van der Waals surface area contributed by atoms with Gasteiger partial charge >= 0.3 is 5.97 Å². The van der Waals surface area contributed by atoms with Gasteiger partial charge in [0.15, 0.2) is 11.4 Å². The molecule has 2 aromatic rings. The Morgan fingerprint density at radius 3 is 2.78 bits per heavy atom. The smallest absolute Gasteiger partial charge is 0.320 e. The van der Waals surface area contributed by atoms with Crippen LogP contribution in [0.15, 0.2) is 29.2 Å². The van der Waals surface area contributed by atoms with Crippen molar-refractivity contribution in [2.45, 2.75) is 31.8 Å². The van der Waals surface area contributed by atoms with Crippen molar-refractivity contribution in [2.75, 3.05) is 26.7 Å². The zero-order chi connectivity index (χ0) is 19.2. The number of aromatic hydroxyl groups is 1. The number of likely N-dealkylation sites (N-methyl/N-ethyl adjacent to an activating group) is 1. The number of rotatable bonds is 3. The second kappa shape index (κ2) is 6.61. The highest BCUT2D eigenvalue weighted by atomic mass is 16.4. The van der Waals surface area contributed by atoms with Gasteiger partial charge in [-0.1, -0.05) is 0 Å². The minimum atomic E-state index is -0.738. The maximum Gasteiger partial charge on any atom is 0.320 e. The van der Waals surface area contributed by atoms with Gasteiger partial charge in [0, 0.05) is 25.4 Å². The molecule has 0 bridgehead atoms. The topological polar surface area (TPSA) is 98.4 Å². The Labute approximate surface area is 156 Å². The number of nitrogens with zero attached hydrogens (tertiary/aromatic N) is 4. The summed E-state index contributed by atoms with van der Waals surface area (Å²) in [4.78, 5) is 32.3. The van der Waals surface area contributed by atoms with Crippen LogP contribution in [0.4, 0.5) is 0 Å². The first-order valence-corrected chi connectivity index (χ1v) is 9.23. The number of carboxylic acid groups (broad SMARTS) is 1. The molecule has 2 aliphatic rings. The molecule has 2 aliphatic heterocycles. The van der Waals surface area contributed by atoms with Crippen LogP contribution >= 0.6 is 0 Å². The van der Waals surface area contributed by atoms with E-state index in [9.17, 15) is 19.8 Å². The Morgan fingerprint density at radius 1 is 1.37 bits per heavy atom. The first kappa shape index (κ1) is 17.9. The molecular formula is C19H24N4O4. The lowest BCUT2D eigenvalue weighted by atomic mass is 9.76. The predicted octanol–water partition coefficient (Wildman–Crippen LogP) is 0.771. The average molecular weight is 372 g/mol. The molecule has 4 rings (SSSR count). The molecule has 1 atom stereocenters. The molecule has 0 radical (unpaired) electrons. The zero-order valence-corrected chi connectivity index (χ0v) is 15.3. The van der Waals surface area contributed by atoms with Gasteiger partial charge in [0.1, 0.15) is 6.04 Å². The molecule has 0 amide bonds. The number of aliphatic carboxylic acids is 1. The van der Waals surface area contributed by atoms with Crippen molar-refractivity contribution in [1.29, 1.82) is 0 Å². The molecule has 2 N–H and O–H groups in total. The molecule has 8 nitrogen and oxygen atoms in total. The van der Waals surface area contributed by atoms with Gasteiger partial charge < -0.3 is 10.2 Å². The van der Waals surface area contributed by atoms with E-state index in [0.717, 1.165) is 32.5 Å². The molecule has 2 aromatic heterocycles. The van der Waals surface area contributed by atoms with Crippen molar-refractivity contribution < 1.29 is 15.0 Å². The van der Waals surface area contributed by atoms with Crippen LogP contribution in [0.1, 0.15) is 25.0 Å². The molecular weight excluding hydrogens is 348 g/mol. The van der Waals surface area contributed by atoms with Crippen LogP contribution in [0.3, 0.4) is 0 Å². The van der Waals surface area contributed by atoms with Gasteiger partial charge in [0.25, 0.3) is 5.56 Å². The van der Waals surface area contributed by atoms with E-state index in [1.807, 2.05) is 11.9 Å². The zero-order valence-electron chi connectivity index (χ0n) is 15.3. The number of aromatic nitrogens is 2. The maximum atomic E-state index is 12.3.